The fraction of sp³-hybridized carbons (Fsp3) is 0.545. The van der Waals surface area contributed by atoms with E-state index >= 15 is 0 Å². The van der Waals surface area contributed by atoms with Crippen molar-refractivity contribution in [1.82, 2.24) is 4.98 Å². The van der Waals surface area contributed by atoms with Gasteiger partial charge in [0.2, 0.25) is 0 Å². The van der Waals surface area contributed by atoms with E-state index in [1.807, 2.05) is 12.4 Å². The van der Waals surface area contributed by atoms with Crippen LogP contribution < -0.4 is 4.90 Å². The summed E-state index contributed by atoms with van der Waals surface area (Å²) >= 11 is 0. The van der Waals surface area contributed by atoms with Crippen LogP contribution in [0, 0.1) is 0 Å². The molecule has 0 amide bonds. The van der Waals surface area contributed by atoms with E-state index in [0.717, 1.165) is 26.1 Å². The molecule has 1 fully saturated rings. The fourth-order valence-electron chi connectivity index (χ4n) is 1.86. The van der Waals surface area contributed by atoms with Crippen LogP contribution in [0.1, 0.15) is 12.8 Å². The van der Waals surface area contributed by atoms with Crippen molar-refractivity contribution in [3.05, 3.63) is 24.5 Å². The normalized spacial score (nSPS) is 18.1. The zero-order valence-corrected chi connectivity index (χ0v) is 8.52. The van der Waals surface area contributed by atoms with Crippen LogP contribution in [0.3, 0.4) is 0 Å². The standard InChI is InChI=1S/C11H16N2O/c1-13(10-2-6-12-7-3-10)11-4-8-14-9-5-11/h2-3,6-7,11H,4-5,8-9H2,1H3. The molecule has 0 aliphatic carbocycles. The summed E-state index contributed by atoms with van der Waals surface area (Å²) in [6.07, 6.45) is 5.92. The lowest BCUT2D eigenvalue weighted by Crippen LogP contribution is -2.36. The van der Waals surface area contributed by atoms with Crippen LogP contribution in [0.2, 0.25) is 0 Å². The number of hydrogen-bond donors (Lipinski definition) is 0. The molecule has 1 aliphatic rings. The zero-order valence-electron chi connectivity index (χ0n) is 8.52. The molecule has 1 saturated heterocycles. The van der Waals surface area contributed by atoms with Gasteiger partial charge in [-0.25, -0.2) is 0 Å². The van der Waals surface area contributed by atoms with Gasteiger partial charge >= 0.3 is 0 Å². The number of anilines is 1. The Balaban J connectivity index is 2.03. The molecule has 1 aromatic heterocycles. The zero-order chi connectivity index (χ0) is 9.80. The molecular formula is C11H16N2O. The van der Waals surface area contributed by atoms with Gasteiger partial charge in [0, 0.05) is 44.4 Å². The Hall–Kier alpha value is -1.09. The van der Waals surface area contributed by atoms with Gasteiger partial charge in [-0.05, 0) is 25.0 Å². The van der Waals surface area contributed by atoms with Crippen molar-refractivity contribution in [1.29, 1.82) is 0 Å². The average molecular weight is 192 g/mol. The Kier molecular flexibility index (Phi) is 2.99. The topological polar surface area (TPSA) is 25.4 Å². The van der Waals surface area contributed by atoms with E-state index in [9.17, 15) is 0 Å². The van der Waals surface area contributed by atoms with Gasteiger partial charge in [-0.2, -0.15) is 0 Å². The summed E-state index contributed by atoms with van der Waals surface area (Å²) in [4.78, 5) is 6.35. The molecule has 2 rings (SSSR count). The number of nitrogens with zero attached hydrogens (tertiary/aromatic N) is 2. The molecule has 0 spiro atoms. The first kappa shape index (κ1) is 9.46. The Morgan fingerprint density at radius 3 is 2.57 bits per heavy atom. The van der Waals surface area contributed by atoms with E-state index in [1.54, 1.807) is 0 Å². The van der Waals surface area contributed by atoms with Crippen LogP contribution in [0.5, 0.6) is 0 Å². The van der Waals surface area contributed by atoms with Gasteiger partial charge in [-0.15, -0.1) is 0 Å². The van der Waals surface area contributed by atoms with E-state index in [-0.39, 0.29) is 0 Å². The third-order valence-corrected chi connectivity index (χ3v) is 2.81. The molecule has 0 bridgehead atoms. The Bertz CT molecular complexity index is 270. The molecule has 3 heteroatoms. The van der Waals surface area contributed by atoms with Gasteiger partial charge in [0.15, 0.2) is 0 Å². The lowest BCUT2D eigenvalue weighted by Gasteiger charge is -2.32. The first-order valence-corrected chi connectivity index (χ1v) is 5.08. The van der Waals surface area contributed by atoms with Gasteiger partial charge in [-0.3, -0.25) is 4.98 Å². The second-order valence-electron chi connectivity index (χ2n) is 3.66. The minimum Gasteiger partial charge on any atom is -0.381 e. The summed E-state index contributed by atoms with van der Waals surface area (Å²) < 4.78 is 5.35. The van der Waals surface area contributed by atoms with Gasteiger partial charge in [0.1, 0.15) is 0 Å². The molecule has 14 heavy (non-hydrogen) atoms. The van der Waals surface area contributed by atoms with Crippen LogP contribution >= 0.6 is 0 Å². The largest absolute Gasteiger partial charge is 0.381 e. The molecule has 3 nitrogen and oxygen atoms in total. The number of hydrogen-bond acceptors (Lipinski definition) is 3. The highest BCUT2D eigenvalue weighted by molar-refractivity contribution is 5.44. The Morgan fingerprint density at radius 2 is 1.93 bits per heavy atom. The summed E-state index contributed by atoms with van der Waals surface area (Å²) in [6.45, 7) is 1.78. The lowest BCUT2D eigenvalue weighted by molar-refractivity contribution is 0.0855. The first-order valence-electron chi connectivity index (χ1n) is 5.08. The minimum atomic E-state index is 0.617. The molecule has 0 atom stereocenters. The molecule has 76 valence electrons. The summed E-state index contributed by atoms with van der Waals surface area (Å²) in [6, 6.07) is 4.72. The maximum absolute atomic E-state index is 5.35. The number of pyridine rings is 1. The van der Waals surface area contributed by atoms with E-state index < -0.39 is 0 Å². The Morgan fingerprint density at radius 1 is 1.29 bits per heavy atom. The smallest absolute Gasteiger partial charge is 0.0485 e. The van der Waals surface area contributed by atoms with E-state index in [1.165, 1.54) is 5.69 Å². The van der Waals surface area contributed by atoms with Gasteiger partial charge < -0.3 is 9.64 Å². The predicted molar refractivity (Wildman–Crippen MR) is 56.5 cm³/mol. The molecule has 2 heterocycles. The van der Waals surface area contributed by atoms with Crippen LogP contribution in [0.25, 0.3) is 0 Å². The average Bonchev–Trinajstić information content (AvgIpc) is 2.30. The Labute approximate surface area is 84.7 Å². The summed E-state index contributed by atoms with van der Waals surface area (Å²) in [5, 5.41) is 0. The van der Waals surface area contributed by atoms with Gasteiger partial charge in [0.25, 0.3) is 0 Å². The van der Waals surface area contributed by atoms with Crippen molar-refractivity contribution < 1.29 is 4.74 Å². The van der Waals surface area contributed by atoms with Crippen LogP contribution in [-0.2, 0) is 4.74 Å². The van der Waals surface area contributed by atoms with Crippen LogP contribution in [0.15, 0.2) is 24.5 Å². The third kappa shape index (κ3) is 2.04. The second-order valence-corrected chi connectivity index (χ2v) is 3.66. The highest BCUT2D eigenvalue weighted by atomic mass is 16.5. The maximum Gasteiger partial charge on any atom is 0.0485 e. The summed E-state index contributed by atoms with van der Waals surface area (Å²) in [7, 11) is 2.14. The highest BCUT2D eigenvalue weighted by Crippen LogP contribution is 2.19. The van der Waals surface area contributed by atoms with Crippen molar-refractivity contribution in [3.8, 4) is 0 Å². The van der Waals surface area contributed by atoms with Crippen molar-refractivity contribution in [2.24, 2.45) is 0 Å². The van der Waals surface area contributed by atoms with Crippen LogP contribution in [0.4, 0.5) is 5.69 Å². The third-order valence-electron chi connectivity index (χ3n) is 2.81. The molecule has 1 aromatic rings. The van der Waals surface area contributed by atoms with Crippen molar-refractivity contribution >= 4 is 5.69 Å². The molecule has 1 aliphatic heterocycles. The van der Waals surface area contributed by atoms with Crippen molar-refractivity contribution in [3.63, 3.8) is 0 Å². The minimum absolute atomic E-state index is 0.617. The number of aromatic nitrogens is 1. The summed E-state index contributed by atoms with van der Waals surface area (Å²) in [5.41, 5.74) is 1.24. The van der Waals surface area contributed by atoms with Gasteiger partial charge in [-0.1, -0.05) is 0 Å². The molecule has 0 unspecified atom stereocenters. The predicted octanol–water partition coefficient (Wildman–Crippen LogP) is 1.70. The number of ether oxygens (including phenoxy) is 1. The maximum atomic E-state index is 5.35. The monoisotopic (exact) mass is 192 g/mol. The lowest BCUT2D eigenvalue weighted by atomic mass is 10.1. The van der Waals surface area contributed by atoms with E-state index in [0.29, 0.717) is 6.04 Å². The molecule has 0 aromatic carbocycles. The van der Waals surface area contributed by atoms with E-state index in [2.05, 4.69) is 29.1 Å². The highest BCUT2D eigenvalue weighted by Gasteiger charge is 2.18. The molecule has 0 N–H and O–H groups in total. The SMILES string of the molecule is CN(c1ccncc1)C1CCOCC1. The van der Waals surface area contributed by atoms with Crippen LogP contribution in [-0.4, -0.2) is 31.3 Å². The number of rotatable bonds is 2. The summed E-state index contributed by atoms with van der Waals surface area (Å²) in [5.74, 6) is 0. The van der Waals surface area contributed by atoms with Crippen molar-refractivity contribution in [2.75, 3.05) is 25.2 Å². The van der Waals surface area contributed by atoms with Crippen molar-refractivity contribution in [2.45, 2.75) is 18.9 Å². The molecule has 0 radical (unpaired) electrons. The second kappa shape index (κ2) is 4.42. The molecular weight excluding hydrogens is 176 g/mol. The molecule has 0 saturated carbocycles. The first-order chi connectivity index (χ1) is 6.88. The quantitative estimate of drug-likeness (QED) is 0.713. The fourth-order valence-corrected chi connectivity index (χ4v) is 1.86. The van der Waals surface area contributed by atoms with E-state index in [4.69, 9.17) is 4.74 Å². The van der Waals surface area contributed by atoms with Gasteiger partial charge in [0.05, 0.1) is 0 Å².